The van der Waals surface area contributed by atoms with Crippen LogP contribution in [0.1, 0.15) is 22.1 Å². The molecule has 1 heterocycles. The van der Waals surface area contributed by atoms with Crippen molar-refractivity contribution in [1.29, 1.82) is 0 Å². The molecule has 1 atom stereocenters. The fourth-order valence-corrected chi connectivity index (χ4v) is 4.00. The number of aliphatic hydroxyl groups excluding tert-OH is 1. The first-order valence-electron chi connectivity index (χ1n) is 4.88. The predicted molar refractivity (Wildman–Crippen MR) is 77.3 cm³/mol. The van der Waals surface area contributed by atoms with Crippen LogP contribution >= 0.6 is 50.5 Å². The molecule has 0 saturated heterocycles. The molecule has 17 heavy (non-hydrogen) atoms. The van der Waals surface area contributed by atoms with Crippen LogP contribution in [0.5, 0.6) is 0 Å². The summed E-state index contributed by atoms with van der Waals surface area (Å²) in [4.78, 5) is 1.04. The summed E-state index contributed by atoms with van der Waals surface area (Å²) in [6.07, 6.45) is -0.793. The summed E-state index contributed by atoms with van der Waals surface area (Å²) in [7, 11) is 0. The predicted octanol–water partition coefficient (Wildman–Crippen LogP) is 5.21. The highest BCUT2D eigenvalue weighted by atomic mass is 79.9. The van der Waals surface area contributed by atoms with E-state index >= 15 is 0 Å². The van der Waals surface area contributed by atoms with Gasteiger partial charge in [-0.1, -0.05) is 29.3 Å². The maximum Gasteiger partial charge on any atom is 0.108 e. The standard InChI is InChI=1S/C12H9BrCl2OS/c1-6-7(5-10(13)17-6)12(16)11-8(14)3-2-4-9(11)15/h2-5,12,16H,1H3. The van der Waals surface area contributed by atoms with Crippen LogP contribution in [0.15, 0.2) is 28.1 Å². The topological polar surface area (TPSA) is 20.2 Å². The maximum absolute atomic E-state index is 10.4. The van der Waals surface area contributed by atoms with Gasteiger partial charge >= 0.3 is 0 Å². The molecule has 0 bridgehead atoms. The molecule has 0 saturated carbocycles. The summed E-state index contributed by atoms with van der Waals surface area (Å²) in [5.41, 5.74) is 1.39. The average molecular weight is 352 g/mol. The van der Waals surface area contributed by atoms with Crippen molar-refractivity contribution >= 4 is 50.5 Å². The van der Waals surface area contributed by atoms with E-state index in [0.717, 1.165) is 14.2 Å². The van der Waals surface area contributed by atoms with Gasteiger partial charge in [-0.15, -0.1) is 11.3 Å². The minimum absolute atomic E-state index is 0.478. The van der Waals surface area contributed by atoms with Gasteiger partial charge in [0.1, 0.15) is 6.10 Å². The van der Waals surface area contributed by atoms with Gasteiger partial charge in [0.2, 0.25) is 0 Å². The van der Waals surface area contributed by atoms with Gasteiger partial charge in [0.05, 0.1) is 3.79 Å². The Balaban J connectivity index is 2.51. The summed E-state index contributed by atoms with van der Waals surface area (Å²) in [6, 6.07) is 7.10. The summed E-state index contributed by atoms with van der Waals surface area (Å²) in [5, 5.41) is 11.3. The molecule has 0 spiro atoms. The largest absolute Gasteiger partial charge is 0.384 e. The lowest BCUT2D eigenvalue weighted by atomic mass is 10.0. The van der Waals surface area contributed by atoms with E-state index in [1.54, 1.807) is 29.5 Å². The van der Waals surface area contributed by atoms with Crippen molar-refractivity contribution in [1.82, 2.24) is 0 Å². The molecule has 2 aromatic rings. The summed E-state index contributed by atoms with van der Waals surface area (Å²) < 4.78 is 0.979. The van der Waals surface area contributed by atoms with E-state index in [2.05, 4.69) is 15.9 Å². The van der Waals surface area contributed by atoms with Crippen LogP contribution in [0.3, 0.4) is 0 Å². The molecule has 0 fully saturated rings. The van der Waals surface area contributed by atoms with Crippen LogP contribution in [0.25, 0.3) is 0 Å². The lowest BCUT2D eigenvalue weighted by Gasteiger charge is -2.14. The van der Waals surface area contributed by atoms with Gasteiger partial charge in [-0.05, 0) is 46.6 Å². The highest BCUT2D eigenvalue weighted by Gasteiger charge is 2.20. The molecular formula is C12H9BrCl2OS. The molecule has 0 aliphatic rings. The second-order valence-corrected chi connectivity index (χ2v) is 7.05. The molecule has 0 amide bonds. The van der Waals surface area contributed by atoms with Gasteiger partial charge in [0, 0.05) is 20.5 Å². The molecule has 1 aromatic heterocycles. The zero-order valence-corrected chi connectivity index (χ0v) is 12.8. The number of benzene rings is 1. The molecule has 0 aliphatic carbocycles. The summed E-state index contributed by atoms with van der Waals surface area (Å²) in [5.74, 6) is 0. The molecule has 0 radical (unpaired) electrons. The van der Waals surface area contributed by atoms with Crippen LogP contribution in [0.2, 0.25) is 10.0 Å². The van der Waals surface area contributed by atoms with Gasteiger partial charge in [-0.2, -0.15) is 0 Å². The third kappa shape index (κ3) is 2.69. The number of aliphatic hydroxyl groups is 1. The zero-order chi connectivity index (χ0) is 12.6. The van der Waals surface area contributed by atoms with E-state index < -0.39 is 6.10 Å². The van der Waals surface area contributed by atoms with Crippen LogP contribution in [-0.2, 0) is 0 Å². The lowest BCUT2D eigenvalue weighted by Crippen LogP contribution is -2.01. The van der Waals surface area contributed by atoms with Gasteiger partial charge in [0.25, 0.3) is 0 Å². The second-order valence-electron chi connectivity index (χ2n) is 3.60. The number of aryl methyl sites for hydroxylation is 1. The third-order valence-electron chi connectivity index (χ3n) is 2.49. The Labute approximate surface area is 122 Å². The normalized spacial score (nSPS) is 12.8. The van der Waals surface area contributed by atoms with Gasteiger partial charge in [-0.3, -0.25) is 0 Å². The minimum Gasteiger partial charge on any atom is -0.384 e. The van der Waals surface area contributed by atoms with Gasteiger partial charge in [0.15, 0.2) is 0 Å². The Morgan fingerprint density at radius 1 is 1.29 bits per heavy atom. The fraction of sp³-hybridized carbons (Fsp3) is 0.167. The zero-order valence-electron chi connectivity index (χ0n) is 8.88. The Bertz CT molecular complexity index is 533. The number of hydrogen-bond donors (Lipinski definition) is 1. The molecule has 1 aromatic carbocycles. The lowest BCUT2D eigenvalue weighted by molar-refractivity contribution is 0.220. The van der Waals surface area contributed by atoms with Crippen molar-refractivity contribution in [2.45, 2.75) is 13.0 Å². The van der Waals surface area contributed by atoms with E-state index in [4.69, 9.17) is 23.2 Å². The van der Waals surface area contributed by atoms with Crippen LogP contribution < -0.4 is 0 Å². The molecular weight excluding hydrogens is 343 g/mol. The van der Waals surface area contributed by atoms with E-state index in [9.17, 15) is 5.11 Å². The van der Waals surface area contributed by atoms with Crippen LogP contribution in [-0.4, -0.2) is 5.11 Å². The third-order valence-corrected chi connectivity index (χ3v) is 4.72. The molecule has 1 N–H and O–H groups in total. The number of rotatable bonds is 2. The number of halogens is 3. The molecule has 2 rings (SSSR count). The van der Waals surface area contributed by atoms with Crippen molar-refractivity contribution < 1.29 is 5.11 Å². The molecule has 1 nitrogen and oxygen atoms in total. The highest BCUT2D eigenvalue weighted by Crippen LogP contribution is 2.38. The van der Waals surface area contributed by atoms with E-state index in [1.165, 1.54) is 0 Å². The van der Waals surface area contributed by atoms with Crippen molar-refractivity contribution in [3.63, 3.8) is 0 Å². The van der Waals surface area contributed by atoms with Crippen molar-refractivity contribution in [3.05, 3.63) is 54.1 Å². The number of thiophene rings is 1. The van der Waals surface area contributed by atoms with E-state index in [1.807, 2.05) is 13.0 Å². The summed E-state index contributed by atoms with van der Waals surface area (Å²) >= 11 is 17.1. The summed E-state index contributed by atoms with van der Waals surface area (Å²) in [6.45, 7) is 1.96. The first-order valence-corrected chi connectivity index (χ1v) is 7.25. The molecule has 5 heteroatoms. The van der Waals surface area contributed by atoms with Crippen molar-refractivity contribution in [2.24, 2.45) is 0 Å². The van der Waals surface area contributed by atoms with Gasteiger partial charge in [-0.25, -0.2) is 0 Å². The minimum atomic E-state index is -0.793. The quantitative estimate of drug-likeness (QED) is 0.787. The van der Waals surface area contributed by atoms with Gasteiger partial charge < -0.3 is 5.11 Å². The highest BCUT2D eigenvalue weighted by molar-refractivity contribution is 9.11. The Hall–Kier alpha value is -0.0600. The Kier molecular flexibility index (Phi) is 4.16. The Morgan fingerprint density at radius 3 is 2.35 bits per heavy atom. The second kappa shape index (κ2) is 5.29. The maximum atomic E-state index is 10.4. The molecule has 90 valence electrons. The van der Waals surface area contributed by atoms with Crippen LogP contribution in [0.4, 0.5) is 0 Å². The van der Waals surface area contributed by atoms with E-state index in [-0.39, 0.29) is 0 Å². The fourth-order valence-electron chi connectivity index (χ4n) is 1.66. The van der Waals surface area contributed by atoms with Crippen LogP contribution in [0, 0.1) is 6.92 Å². The molecule has 0 aliphatic heterocycles. The Morgan fingerprint density at radius 2 is 1.88 bits per heavy atom. The smallest absolute Gasteiger partial charge is 0.108 e. The number of hydrogen-bond acceptors (Lipinski definition) is 2. The molecule has 1 unspecified atom stereocenters. The first kappa shape index (κ1) is 13.4. The SMILES string of the molecule is Cc1sc(Br)cc1C(O)c1c(Cl)cccc1Cl. The van der Waals surface area contributed by atoms with E-state index in [0.29, 0.717) is 15.6 Å². The van der Waals surface area contributed by atoms with Crippen molar-refractivity contribution in [3.8, 4) is 0 Å². The van der Waals surface area contributed by atoms with Crippen molar-refractivity contribution in [2.75, 3.05) is 0 Å². The first-order chi connectivity index (χ1) is 8.00. The monoisotopic (exact) mass is 350 g/mol. The average Bonchev–Trinajstić information content (AvgIpc) is 2.57.